The van der Waals surface area contributed by atoms with Gasteiger partial charge in [-0.3, -0.25) is 19.4 Å². The van der Waals surface area contributed by atoms with E-state index in [1.165, 1.54) is 65.5 Å². The van der Waals surface area contributed by atoms with E-state index >= 15 is 0 Å². The maximum Gasteiger partial charge on any atom is 0.311 e. The van der Waals surface area contributed by atoms with E-state index < -0.39 is 5.97 Å². The van der Waals surface area contributed by atoms with Gasteiger partial charge in [0.25, 0.3) is 0 Å². The lowest BCUT2D eigenvalue weighted by Crippen LogP contribution is -2.49. The van der Waals surface area contributed by atoms with Crippen molar-refractivity contribution in [1.29, 1.82) is 0 Å². The first kappa shape index (κ1) is 45.4. The van der Waals surface area contributed by atoms with Gasteiger partial charge in [-0.05, 0) is 143 Å². The molecule has 4 fully saturated rings. The summed E-state index contributed by atoms with van der Waals surface area (Å²) in [6, 6.07) is 26.0. The zero-order valence-corrected chi connectivity index (χ0v) is 36.7. The topological polar surface area (TPSA) is 88.5 Å². The summed E-state index contributed by atoms with van der Waals surface area (Å²) in [5.74, 6) is 2.62. The van der Waals surface area contributed by atoms with Gasteiger partial charge in [-0.25, -0.2) is 0 Å². The van der Waals surface area contributed by atoms with Gasteiger partial charge in [0.05, 0.1) is 31.2 Å². The number of carbonyl (C=O) groups excluding carboxylic acids is 1. The van der Waals surface area contributed by atoms with E-state index in [0.29, 0.717) is 36.1 Å². The maximum absolute atomic E-state index is 11.5. The summed E-state index contributed by atoms with van der Waals surface area (Å²) in [6.07, 6.45) is 10.3. The Morgan fingerprint density at radius 3 is 1.30 bits per heavy atom. The fourth-order valence-electron chi connectivity index (χ4n) is 9.75. The third-order valence-corrected chi connectivity index (χ3v) is 13.8. The molecule has 326 valence electrons. The number of rotatable bonds is 10. The predicted molar refractivity (Wildman–Crippen MR) is 243 cm³/mol. The van der Waals surface area contributed by atoms with Crippen LogP contribution in [0.2, 0.25) is 0 Å². The number of benzene rings is 4. The Balaban J connectivity index is 0.000000198. The predicted octanol–water partition coefficient (Wildman–Crippen LogP) is 11.4. The van der Waals surface area contributed by atoms with Crippen LogP contribution in [0.5, 0.6) is 11.5 Å². The van der Waals surface area contributed by atoms with Crippen LogP contribution in [0.25, 0.3) is 21.5 Å². The number of ether oxygens (including phenoxy) is 3. The molecule has 4 aromatic carbocycles. The van der Waals surface area contributed by atoms with Crippen molar-refractivity contribution in [2.24, 2.45) is 34.5 Å². The molecule has 8 nitrogen and oxygen atoms in total. The smallest absolute Gasteiger partial charge is 0.311 e. The fourth-order valence-corrected chi connectivity index (χ4v) is 9.75. The summed E-state index contributed by atoms with van der Waals surface area (Å²) in [5, 5.41) is 13.9. The molecule has 60 heavy (non-hydrogen) atoms. The Hall–Kier alpha value is -4.14. The van der Waals surface area contributed by atoms with Gasteiger partial charge in [-0.15, -0.1) is 0 Å². The molecule has 2 heterocycles. The monoisotopic (exact) mass is 821 g/mol. The van der Waals surface area contributed by atoms with E-state index in [4.69, 9.17) is 19.3 Å². The number of likely N-dealkylation sites (tertiary alicyclic amines) is 2. The highest BCUT2D eigenvalue weighted by atomic mass is 16.5. The summed E-state index contributed by atoms with van der Waals surface area (Å²) in [7, 11) is 1.46. The summed E-state index contributed by atoms with van der Waals surface area (Å²) in [5.41, 5.74) is 3.31. The van der Waals surface area contributed by atoms with Crippen molar-refractivity contribution < 1.29 is 28.9 Å². The molecule has 0 aromatic heterocycles. The van der Waals surface area contributed by atoms with Gasteiger partial charge in [0.15, 0.2) is 0 Å². The molecule has 2 saturated carbocycles. The second kappa shape index (κ2) is 19.3. The Morgan fingerprint density at radius 1 is 0.567 bits per heavy atom. The van der Waals surface area contributed by atoms with E-state index in [0.717, 1.165) is 75.2 Å². The molecule has 0 radical (unpaired) electrons. The van der Waals surface area contributed by atoms with Gasteiger partial charge >= 0.3 is 11.9 Å². The zero-order valence-electron chi connectivity index (χ0n) is 36.7. The third-order valence-electron chi connectivity index (χ3n) is 13.8. The number of nitrogens with zero attached hydrogens (tertiary/aromatic N) is 2. The first-order valence-corrected chi connectivity index (χ1v) is 22.2. The van der Waals surface area contributed by atoms with Crippen molar-refractivity contribution >= 4 is 33.5 Å². The largest absolute Gasteiger partial charge is 0.490 e. The highest BCUT2D eigenvalue weighted by Crippen LogP contribution is 2.40. The van der Waals surface area contributed by atoms with E-state index in [1.54, 1.807) is 0 Å². The summed E-state index contributed by atoms with van der Waals surface area (Å²) in [6.45, 7) is 18.7. The SMILES string of the molecule is C.CC(C)(C)C1CCC(Oc2ccc3cc(CN4CC(C(=O)O)C4)ccc3c2)CC1.COC(=O)C1CN(Cc2ccc3cc(OC4CCC(C(C)(C)C)CC4)ccc3c2)C1. The van der Waals surface area contributed by atoms with E-state index in [-0.39, 0.29) is 25.2 Å². The minimum absolute atomic E-state index is 0. The summed E-state index contributed by atoms with van der Waals surface area (Å²) in [4.78, 5) is 27.0. The Bertz CT molecular complexity index is 2050. The highest BCUT2D eigenvalue weighted by Gasteiger charge is 2.35. The molecule has 0 bridgehead atoms. The number of aliphatic carboxylic acids is 1. The number of esters is 1. The van der Waals surface area contributed by atoms with Crippen molar-refractivity contribution in [1.82, 2.24) is 9.80 Å². The Morgan fingerprint density at radius 2 is 0.933 bits per heavy atom. The number of carboxylic acids is 1. The van der Waals surface area contributed by atoms with Crippen LogP contribution in [0, 0.1) is 34.5 Å². The average molecular weight is 821 g/mol. The van der Waals surface area contributed by atoms with E-state index in [9.17, 15) is 9.59 Å². The number of carbonyl (C=O) groups is 2. The molecule has 2 aliphatic heterocycles. The number of hydrogen-bond acceptors (Lipinski definition) is 7. The minimum Gasteiger partial charge on any atom is -0.490 e. The lowest BCUT2D eigenvalue weighted by Gasteiger charge is -2.37. The molecule has 0 amide bonds. The van der Waals surface area contributed by atoms with Crippen LogP contribution in [-0.2, 0) is 27.4 Å². The third kappa shape index (κ3) is 11.6. The quantitative estimate of drug-likeness (QED) is 0.158. The van der Waals surface area contributed by atoms with Gasteiger partial charge in [0, 0.05) is 39.3 Å². The van der Waals surface area contributed by atoms with Crippen LogP contribution in [0.3, 0.4) is 0 Å². The van der Waals surface area contributed by atoms with E-state index in [2.05, 4.69) is 124 Å². The first-order valence-electron chi connectivity index (χ1n) is 22.2. The Kier molecular flexibility index (Phi) is 14.6. The first-order chi connectivity index (χ1) is 28.1. The Labute approximate surface area is 359 Å². The zero-order chi connectivity index (χ0) is 41.9. The highest BCUT2D eigenvalue weighted by molar-refractivity contribution is 5.85. The second-order valence-corrected chi connectivity index (χ2v) is 20.2. The number of fused-ring (bicyclic) bond motifs is 2. The molecule has 0 atom stereocenters. The molecule has 8 heteroatoms. The standard InChI is InChI=1S/C26H35NO3.C25H33NO3.CH4/c1-26(2,3)22-8-11-23(12-9-22)30-24-10-7-19-13-18(5-6-20(19)14-24)15-27-16-21(17-27)25(28)29-4;1-25(2,3)21-7-10-22(11-8-21)29-23-9-6-18-12-17(4-5-19(18)13-23)14-26-15-20(16-26)24(27)28;/h5-7,10,13-14,21-23H,8-9,11-12,15-17H2,1-4H3;4-6,9,12-13,20-22H,7-8,10-11,14-16H2,1-3H3,(H,27,28);1H4. The van der Waals surface area contributed by atoms with Gasteiger partial charge in [-0.2, -0.15) is 0 Å². The lowest BCUT2D eigenvalue weighted by atomic mass is 9.72. The lowest BCUT2D eigenvalue weighted by molar-refractivity contribution is -0.151. The van der Waals surface area contributed by atoms with Crippen molar-refractivity contribution in [3.05, 3.63) is 83.9 Å². The number of carboxylic acid groups (broad SMARTS) is 1. The molecule has 1 N–H and O–H groups in total. The van der Waals surface area contributed by atoms with Crippen LogP contribution in [0.4, 0.5) is 0 Å². The number of methoxy groups -OCH3 is 1. The van der Waals surface area contributed by atoms with Gasteiger partial charge in [0.1, 0.15) is 11.5 Å². The average Bonchev–Trinajstić information content (AvgIpc) is 3.17. The molecule has 8 rings (SSSR count). The normalized spacial score (nSPS) is 23.1. The van der Waals surface area contributed by atoms with Crippen LogP contribution in [0.15, 0.2) is 72.8 Å². The van der Waals surface area contributed by atoms with E-state index in [1.807, 2.05) is 0 Å². The van der Waals surface area contributed by atoms with Crippen molar-refractivity contribution in [3.8, 4) is 11.5 Å². The molecular formula is C52H72N2O6. The minimum atomic E-state index is -0.681. The van der Waals surface area contributed by atoms with Crippen LogP contribution in [-0.4, -0.2) is 72.3 Å². The molecule has 4 aromatic rings. The molecule has 2 aliphatic carbocycles. The van der Waals surface area contributed by atoms with Gasteiger partial charge < -0.3 is 19.3 Å². The van der Waals surface area contributed by atoms with Crippen molar-refractivity contribution in [3.63, 3.8) is 0 Å². The van der Waals surface area contributed by atoms with Crippen LogP contribution in [0.1, 0.15) is 111 Å². The van der Waals surface area contributed by atoms with Crippen LogP contribution < -0.4 is 9.47 Å². The molecule has 0 spiro atoms. The van der Waals surface area contributed by atoms with Gasteiger partial charge in [0.2, 0.25) is 0 Å². The molecule has 2 saturated heterocycles. The van der Waals surface area contributed by atoms with Crippen molar-refractivity contribution in [2.75, 3.05) is 33.3 Å². The summed E-state index contributed by atoms with van der Waals surface area (Å²) >= 11 is 0. The summed E-state index contributed by atoms with van der Waals surface area (Å²) < 4.78 is 17.5. The molecule has 4 aliphatic rings. The molecular weight excluding hydrogens is 749 g/mol. The van der Waals surface area contributed by atoms with Crippen LogP contribution >= 0.6 is 0 Å². The molecule has 0 unspecified atom stereocenters. The maximum atomic E-state index is 11.5. The van der Waals surface area contributed by atoms with Crippen molar-refractivity contribution in [2.45, 2.75) is 126 Å². The number of hydrogen-bond donors (Lipinski definition) is 1. The second-order valence-electron chi connectivity index (χ2n) is 20.2. The fraction of sp³-hybridized carbons (Fsp3) is 0.577. The van der Waals surface area contributed by atoms with Gasteiger partial charge in [-0.1, -0.05) is 85.4 Å².